The van der Waals surface area contributed by atoms with Crippen molar-refractivity contribution in [2.24, 2.45) is 0 Å². The molecule has 1 saturated heterocycles. The summed E-state index contributed by atoms with van der Waals surface area (Å²) in [4.78, 5) is 24.1. The first-order valence-electron chi connectivity index (χ1n) is 8.96. The highest BCUT2D eigenvalue weighted by atomic mass is 16.7. The van der Waals surface area contributed by atoms with E-state index >= 15 is 0 Å². The summed E-state index contributed by atoms with van der Waals surface area (Å²) in [5, 5.41) is 5.30. The van der Waals surface area contributed by atoms with Gasteiger partial charge >= 0.3 is 11.8 Å². The lowest BCUT2D eigenvalue weighted by Crippen LogP contribution is -2.41. The summed E-state index contributed by atoms with van der Waals surface area (Å²) in [5.41, 5.74) is 2.67. The molecule has 1 heterocycles. The maximum atomic E-state index is 12.1. The van der Waals surface area contributed by atoms with Gasteiger partial charge in [-0.3, -0.25) is 9.59 Å². The van der Waals surface area contributed by atoms with Crippen LogP contribution < -0.4 is 10.6 Å². The highest BCUT2D eigenvalue weighted by Gasteiger charge is 2.42. The van der Waals surface area contributed by atoms with Gasteiger partial charge in [-0.15, -0.1) is 0 Å². The van der Waals surface area contributed by atoms with Gasteiger partial charge < -0.3 is 20.1 Å². The molecule has 3 rings (SSSR count). The van der Waals surface area contributed by atoms with Crippen molar-refractivity contribution in [3.8, 4) is 0 Å². The largest absolute Gasteiger partial charge is 0.347 e. The summed E-state index contributed by atoms with van der Waals surface area (Å²) in [6, 6.07) is 5.60. The first kappa shape index (κ1) is 17.9. The van der Waals surface area contributed by atoms with Crippen molar-refractivity contribution in [1.29, 1.82) is 0 Å². The molecule has 1 saturated carbocycles. The molecule has 0 unspecified atom stereocenters. The second-order valence-electron chi connectivity index (χ2n) is 6.93. The summed E-state index contributed by atoms with van der Waals surface area (Å²) >= 11 is 0. The van der Waals surface area contributed by atoms with Crippen LogP contribution in [0.5, 0.6) is 0 Å². The molecule has 2 aliphatic rings. The molecular weight excluding hydrogens is 320 g/mol. The van der Waals surface area contributed by atoms with Crippen molar-refractivity contribution in [3.05, 3.63) is 29.3 Å². The van der Waals surface area contributed by atoms with Crippen molar-refractivity contribution >= 4 is 17.5 Å². The normalized spacial score (nSPS) is 21.9. The van der Waals surface area contributed by atoms with Crippen molar-refractivity contribution in [3.63, 3.8) is 0 Å². The van der Waals surface area contributed by atoms with Gasteiger partial charge in [0.1, 0.15) is 6.10 Å². The number of anilines is 1. The second kappa shape index (κ2) is 7.54. The number of amides is 2. The Balaban J connectivity index is 1.48. The number of carbonyl (C=O) groups excluding carboxylic acids is 2. The van der Waals surface area contributed by atoms with Crippen molar-refractivity contribution in [2.75, 3.05) is 18.5 Å². The van der Waals surface area contributed by atoms with Crippen molar-refractivity contribution in [1.82, 2.24) is 5.32 Å². The van der Waals surface area contributed by atoms with Gasteiger partial charge in [0.2, 0.25) is 0 Å². The highest BCUT2D eigenvalue weighted by molar-refractivity contribution is 6.39. The second-order valence-corrected chi connectivity index (χ2v) is 6.93. The van der Waals surface area contributed by atoms with Gasteiger partial charge in [-0.05, 0) is 43.9 Å². The number of carbonyl (C=O) groups is 2. The lowest BCUT2D eigenvalue weighted by Gasteiger charge is -2.31. The average molecular weight is 346 g/mol. The molecule has 1 aliphatic heterocycles. The number of benzene rings is 1. The van der Waals surface area contributed by atoms with E-state index < -0.39 is 17.6 Å². The zero-order valence-electron chi connectivity index (χ0n) is 14.9. The molecule has 1 aromatic carbocycles. The third-order valence-corrected chi connectivity index (χ3v) is 5.08. The third kappa shape index (κ3) is 4.19. The van der Waals surface area contributed by atoms with E-state index in [4.69, 9.17) is 9.47 Å². The van der Waals surface area contributed by atoms with E-state index in [9.17, 15) is 9.59 Å². The van der Waals surface area contributed by atoms with Gasteiger partial charge in [0.15, 0.2) is 5.79 Å². The number of hydrogen-bond donors (Lipinski definition) is 2. The van der Waals surface area contributed by atoms with Gasteiger partial charge in [0, 0.05) is 25.1 Å². The van der Waals surface area contributed by atoms with E-state index in [1.54, 1.807) is 6.07 Å². The van der Waals surface area contributed by atoms with E-state index in [-0.39, 0.29) is 12.6 Å². The summed E-state index contributed by atoms with van der Waals surface area (Å²) in [7, 11) is 0. The third-order valence-electron chi connectivity index (χ3n) is 5.08. The quantitative estimate of drug-likeness (QED) is 0.824. The predicted octanol–water partition coefficient (Wildman–Crippen LogP) is 2.43. The molecule has 136 valence electrons. The molecule has 0 radical (unpaired) electrons. The van der Waals surface area contributed by atoms with Crippen LogP contribution in [0.15, 0.2) is 18.2 Å². The summed E-state index contributed by atoms with van der Waals surface area (Å²) in [6.45, 7) is 4.61. The topological polar surface area (TPSA) is 76.7 Å². The Labute approximate surface area is 148 Å². The monoisotopic (exact) mass is 346 g/mol. The minimum atomic E-state index is -0.667. The molecule has 1 aromatic rings. The Hall–Kier alpha value is -1.92. The fourth-order valence-electron chi connectivity index (χ4n) is 3.42. The average Bonchev–Trinajstić information content (AvgIpc) is 2.99. The van der Waals surface area contributed by atoms with Crippen LogP contribution in [0, 0.1) is 13.8 Å². The number of hydrogen-bond acceptors (Lipinski definition) is 4. The molecular formula is C19H26N2O4. The molecule has 6 nitrogen and oxygen atoms in total. The van der Waals surface area contributed by atoms with E-state index in [2.05, 4.69) is 10.6 Å². The van der Waals surface area contributed by atoms with Crippen molar-refractivity contribution in [2.45, 2.75) is 57.8 Å². The zero-order valence-corrected chi connectivity index (χ0v) is 14.9. The lowest BCUT2D eigenvalue weighted by molar-refractivity contribution is -0.186. The molecule has 1 aliphatic carbocycles. The summed E-state index contributed by atoms with van der Waals surface area (Å²) in [5.74, 6) is -1.79. The van der Waals surface area contributed by atoms with E-state index in [1.165, 1.54) is 6.42 Å². The molecule has 2 N–H and O–H groups in total. The van der Waals surface area contributed by atoms with Crippen LogP contribution in [0.1, 0.15) is 43.2 Å². The lowest BCUT2D eigenvalue weighted by atomic mass is 9.94. The Morgan fingerprint density at radius 2 is 1.92 bits per heavy atom. The minimum absolute atomic E-state index is 0.199. The van der Waals surface area contributed by atoms with Gasteiger partial charge in [-0.25, -0.2) is 0 Å². The Morgan fingerprint density at radius 1 is 1.16 bits per heavy atom. The molecule has 6 heteroatoms. The molecule has 1 atom stereocenters. The number of ether oxygens (including phenoxy) is 2. The first-order valence-corrected chi connectivity index (χ1v) is 8.96. The van der Waals surface area contributed by atoms with Crippen LogP contribution in [-0.4, -0.2) is 36.9 Å². The molecule has 0 bridgehead atoms. The Kier molecular flexibility index (Phi) is 5.39. The van der Waals surface area contributed by atoms with Crippen LogP contribution in [-0.2, 0) is 19.1 Å². The summed E-state index contributed by atoms with van der Waals surface area (Å²) < 4.78 is 11.8. The van der Waals surface area contributed by atoms with Crippen LogP contribution in [0.4, 0.5) is 5.69 Å². The predicted molar refractivity (Wildman–Crippen MR) is 94.2 cm³/mol. The van der Waals surface area contributed by atoms with Crippen LogP contribution >= 0.6 is 0 Å². The fraction of sp³-hybridized carbons (Fsp3) is 0.579. The van der Waals surface area contributed by atoms with E-state index in [0.717, 1.165) is 36.8 Å². The molecule has 2 fully saturated rings. The van der Waals surface area contributed by atoms with E-state index in [0.29, 0.717) is 12.3 Å². The SMILES string of the molecule is Cc1cccc(NC(=O)C(=O)NC[C@@H]2COC3(CCCCC3)O2)c1C. The Morgan fingerprint density at radius 3 is 2.68 bits per heavy atom. The molecule has 1 spiro atoms. The van der Waals surface area contributed by atoms with Gasteiger partial charge in [-0.2, -0.15) is 0 Å². The maximum Gasteiger partial charge on any atom is 0.313 e. The number of nitrogens with one attached hydrogen (secondary N) is 2. The van der Waals surface area contributed by atoms with Crippen molar-refractivity contribution < 1.29 is 19.1 Å². The smallest absolute Gasteiger partial charge is 0.313 e. The number of rotatable bonds is 3. The van der Waals surface area contributed by atoms with Crippen LogP contribution in [0.3, 0.4) is 0 Å². The molecule has 2 amide bonds. The first-order chi connectivity index (χ1) is 12.0. The van der Waals surface area contributed by atoms with Gasteiger partial charge in [-0.1, -0.05) is 18.6 Å². The minimum Gasteiger partial charge on any atom is -0.347 e. The van der Waals surface area contributed by atoms with Gasteiger partial charge in [0.05, 0.1) is 6.61 Å². The molecule has 25 heavy (non-hydrogen) atoms. The maximum absolute atomic E-state index is 12.1. The Bertz CT molecular complexity index is 653. The summed E-state index contributed by atoms with van der Waals surface area (Å²) in [6.07, 6.45) is 5.05. The standard InChI is InChI=1S/C19H26N2O4/c1-13-7-6-8-16(14(13)2)21-18(23)17(22)20-11-15-12-24-19(25-15)9-4-3-5-10-19/h6-8,15H,3-5,9-12H2,1-2H3,(H,20,22)(H,21,23)/t15-/m1/s1. The highest BCUT2D eigenvalue weighted by Crippen LogP contribution is 2.37. The fourth-order valence-corrected chi connectivity index (χ4v) is 3.42. The molecule has 0 aromatic heterocycles. The van der Waals surface area contributed by atoms with Crippen LogP contribution in [0.25, 0.3) is 0 Å². The number of aryl methyl sites for hydroxylation is 1. The zero-order chi connectivity index (χ0) is 17.9. The van der Waals surface area contributed by atoms with Crippen LogP contribution in [0.2, 0.25) is 0 Å². The van der Waals surface area contributed by atoms with Gasteiger partial charge in [0.25, 0.3) is 0 Å². The van der Waals surface area contributed by atoms with E-state index in [1.807, 2.05) is 26.0 Å².